The highest BCUT2D eigenvalue weighted by atomic mass is 16.1. The van der Waals surface area contributed by atoms with E-state index in [-0.39, 0.29) is 0 Å². The van der Waals surface area contributed by atoms with Gasteiger partial charge in [0.05, 0.1) is 11.1 Å². The predicted octanol–water partition coefficient (Wildman–Crippen LogP) is 1.33. The van der Waals surface area contributed by atoms with E-state index in [2.05, 4.69) is 14.9 Å². The van der Waals surface area contributed by atoms with Crippen LogP contribution in [-0.4, -0.2) is 29.0 Å². The van der Waals surface area contributed by atoms with E-state index in [1.807, 2.05) is 12.1 Å². The smallest absolute Gasteiger partial charge is 0.251 e. The topological polar surface area (TPSA) is 72.1 Å². The highest BCUT2D eigenvalue weighted by Gasteiger charge is 2.15. The van der Waals surface area contributed by atoms with Crippen LogP contribution < -0.4 is 10.6 Å². The number of carbonyl (C=O) groups excluding carboxylic acids is 1. The van der Waals surface area contributed by atoms with Gasteiger partial charge in [0.25, 0.3) is 5.91 Å². The van der Waals surface area contributed by atoms with Gasteiger partial charge < -0.3 is 10.6 Å². The van der Waals surface area contributed by atoms with Gasteiger partial charge in [0.2, 0.25) is 0 Å². The number of aromatic nitrogens is 2. The minimum absolute atomic E-state index is 0.432. The normalized spacial score (nSPS) is 15.2. The first-order valence-corrected chi connectivity index (χ1v) is 6.06. The Morgan fingerprint density at radius 3 is 2.72 bits per heavy atom. The van der Waals surface area contributed by atoms with Gasteiger partial charge in [-0.05, 0) is 31.0 Å². The Balaban J connectivity index is 2.14. The minimum atomic E-state index is -0.464. The van der Waals surface area contributed by atoms with Crippen LogP contribution in [0, 0.1) is 0 Å². The van der Waals surface area contributed by atoms with Crippen LogP contribution in [0.4, 0.5) is 5.82 Å². The summed E-state index contributed by atoms with van der Waals surface area (Å²) in [4.78, 5) is 22.4. The molecule has 3 rings (SSSR count). The summed E-state index contributed by atoms with van der Waals surface area (Å²) in [6, 6.07) is 5.46. The Hall–Kier alpha value is -2.17. The van der Waals surface area contributed by atoms with E-state index in [4.69, 9.17) is 5.73 Å². The molecule has 2 aromatic heterocycles. The number of primary amides is 1. The molecule has 0 atom stereocenters. The fourth-order valence-corrected chi connectivity index (χ4v) is 2.34. The number of anilines is 1. The molecule has 5 nitrogen and oxygen atoms in total. The Bertz CT molecular complexity index is 605. The maximum Gasteiger partial charge on any atom is 0.251 e. The molecule has 1 amide bonds. The van der Waals surface area contributed by atoms with Gasteiger partial charge in [0, 0.05) is 19.3 Å². The van der Waals surface area contributed by atoms with Crippen molar-refractivity contribution in [2.75, 3.05) is 18.0 Å². The van der Waals surface area contributed by atoms with Crippen LogP contribution in [0.15, 0.2) is 24.4 Å². The van der Waals surface area contributed by atoms with Crippen molar-refractivity contribution >= 4 is 22.8 Å². The molecule has 2 aromatic rings. The fourth-order valence-electron chi connectivity index (χ4n) is 2.34. The number of rotatable bonds is 2. The molecule has 92 valence electrons. The molecule has 1 saturated heterocycles. The monoisotopic (exact) mass is 242 g/mol. The van der Waals surface area contributed by atoms with Crippen LogP contribution in [0.25, 0.3) is 11.0 Å². The van der Waals surface area contributed by atoms with E-state index in [1.165, 1.54) is 12.8 Å². The van der Waals surface area contributed by atoms with Gasteiger partial charge in [0.15, 0.2) is 0 Å². The van der Waals surface area contributed by atoms with Crippen molar-refractivity contribution in [2.45, 2.75) is 12.8 Å². The van der Waals surface area contributed by atoms with Gasteiger partial charge in [-0.25, -0.2) is 4.98 Å². The summed E-state index contributed by atoms with van der Waals surface area (Å²) < 4.78 is 0. The third-order valence-electron chi connectivity index (χ3n) is 3.26. The van der Waals surface area contributed by atoms with Gasteiger partial charge in [-0.3, -0.25) is 9.78 Å². The van der Waals surface area contributed by atoms with Gasteiger partial charge in [-0.2, -0.15) is 0 Å². The van der Waals surface area contributed by atoms with Gasteiger partial charge >= 0.3 is 0 Å². The Labute approximate surface area is 105 Å². The first kappa shape index (κ1) is 11.0. The highest BCUT2D eigenvalue weighted by Crippen LogP contribution is 2.22. The van der Waals surface area contributed by atoms with E-state index >= 15 is 0 Å². The quantitative estimate of drug-likeness (QED) is 0.862. The first-order chi connectivity index (χ1) is 8.75. The van der Waals surface area contributed by atoms with Crippen LogP contribution in [-0.2, 0) is 0 Å². The number of fused-ring (bicyclic) bond motifs is 1. The molecule has 3 heterocycles. The van der Waals surface area contributed by atoms with Crippen molar-refractivity contribution in [1.29, 1.82) is 0 Å². The second kappa shape index (κ2) is 4.25. The molecule has 0 unspecified atom stereocenters. The first-order valence-electron chi connectivity index (χ1n) is 6.06. The number of amides is 1. The standard InChI is InChI=1S/C13H14N4O/c14-13(18)9-5-6-15-10-3-4-11(16-12(9)10)17-7-1-2-8-17/h3-6H,1-2,7-8H2,(H2,14,18). The molecular formula is C13H14N4O. The lowest BCUT2D eigenvalue weighted by Gasteiger charge is -2.16. The second-order valence-electron chi connectivity index (χ2n) is 4.45. The summed E-state index contributed by atoms with van der Waals surface area (Å²) in [5.74, 6) is 0.434. The number of pyridine rings is 2. The number of nitrogens with two attached hydrogens (primary N) is 1. The summed E-state index contributed by atoms with van der Waals surface area (Å²) in [5, 5.41) is 0. The molecule has 1 aliphatic rings. The lowest BCUT2D eigenvalue weighted by Crippen LogP contribution is -2.19. The zero-order valence-corrected chi connectivity index (χ0v) is 9.97. The van der Waals surface area contributed by atoms with Crippen LogP contribution in [0.2, 0.25) is 0 Å². The summed E-state index contributed by atoms with van der Waals surface area (Å²) in [6.45, 7) is 2.04. The van der Waals surface area contributed by atoms with Crippen molar-refractivity contribution in [3.05, 3.63) is 30.0 Å². The zero-order valence-electron chi connectivity index (χ0n) is 9.97. The Morgan fingerprint density at radius 2 is 2.00 bits per heavy atom. The molecule has 0 aliphatic carbocycles. The molecule has 0 spiro atoms. The third kappa shape index (κ3) is 1.77. The number of hydrogen-bond acceptors (Lipinski definition) is 4. The second-order valence-corrected chi connectivity index (χ2v) is 4.45. The zero-order chi connectivity index (χ0) is 12.5. The van der Waals surface area contributed by atoms with Gasteiger partial charge in [0.1, 0.15) is 11.3 Å². The molecular weight excluding hydrogens is 228 g/mol. The maximum absolute atomic E-state index is 11.4. The lowest BCUT2D eigenvalue weighted by atomic mass is 10.2. The summed E-state index contributed by atoms with van der Waals surface area (Å²) in [6.07, 6.45) is 3.96. The maximum atomic E-state index is 11.4. The predicted molar refractivity (Wildman–Crippen MR) is 69.5 cm³/mol. The molecule has 0 aromatic carbocycles. The largest absolute Gasteiger partial charge is 0.366 e. The van der Waals surface area contributed by atoms with E-state index < -0.39 is 5.91 Å². The van der Waals surface area contributed by atoms with E-state index in [9.17, 15) is 4.79 Å². The van der Waals surface area contributed by atoms with Crippen LogP contribution >= 0.6 is 0 Å². The minimum Gasteiger partial charge on any atom is -0.366 e. The lowest BCUT2D eigenvalue weighted by molar-refractivity contribution is 0.100. The average molecular weight is 242 g/mol. The molecule has 18 heavy (non-hydrogen) atoms. The van der Waals surface area contributed by atoms with Crippen LogP contribution in [0.5, 0.6) is 0 Å². The molecule has 1 fully saturated rings. The van der Waals surface area contributed by atoms with Crippen molar-refractivity contribution in [3.8, 4) is 0 Å². The van der Waals surface area contributed by atoms with Crippen molar-refractivity contribution < 1.29 is 4.79 Å². The number of carbonyl (C=O) groups is 1. The fraction of sp³-hybridized carbons (Fsp3) is 0.308. The number of hydrogen-bond donors (Lipinski definition) is 1. The van der Waals surface area contributed by atoms with Crippen LogP contribution in [0.1, 0.15) is 23.2 Å². The van der Waals surface area contributed by atoms with E-state index in [1.54, 1.807) is 12.3 Å². The van der Waals surface area contributed by atoms with Crippen molar-refractivity contribution in [1.82, 2.24) is 9.97 Å². The highest BCUT2D eigenvalue weighted by molar-refractivity contribution is 6.03. The molecule has 0 bridgehead atoms. The molecule has 1 aliphatic heterocycles. The Morgan fingerprint density at radius 1 is 1.22 bits per heavy atom. The van der Waals surface area contributed by atoms with Crippen LogP contribution in [0.3, 0.4) is 0 Å². The summed E-state index contributed by atoms with van der Waals surface area (Å²) >= 11 is 0. The summed E-state index contributed by atoms with van der Waals surface area (Å²) in [5.41, 5.74) is 7.09. The van der Waals surface area contributed by atoms with E-state index in [0.717, 1.165) is 18.9 Å². The average Bonchev–Trinajstić information content (AvgIpc) is 2.91. The van der Waals surface area contributed by atoms with Gasteiger partial charge in [-0.1, -0.05) is 0 Å². The molecule has 5 heteroatoms. The SMILES string of the molecule is NC(=O)c1ccnc2ccc(N3CCCC3)nc12. The van der Waals surface area contributed by atoms with Crippen molar-refractivity contribution in [2.24, 2.45) is 5.73 Å². The van der Waals surface area contributed by atoms with E-state index in [0.29, 0.717) is 16.6 Å². The number of nitrogens with zero attached hydrogens (tertiary/aromatic N) is 3. The van der Waals surface area contributed by atoms with Crippen molar-refractivity contribution in [3.63, 3.8) is 0 Å². The molecule has 0 saturated carbocycles. The Kier molecular flexibility index (Phi) is 2.59. The van der Waals surface area contributed by atoms with Gasteiger partial charge in [-0.15, -0.1) is 0 Å². The molecule has 0 radical (unpaired) electrons. The summed E-state index contributed by atoms with van der Waals surface area (Å²) in [7, 11) is 0. The third-order valence-corrected chi connectivity index (χ3v) is 3.26. The molecule has 2 N–H and O–H groups in total.